The van der Waals surface area contributed by atoms with E-state index < -0.39 is 17.2 Å². The minimum atomic E-state index is -0.960. The summed E-state index contributed by atoms with van der Waals surface area (Å²) in [4.78, 5) is 34.9. The lowest BCUT2D eigenvalue weighted by atomic mass is 10.4. The molecule has 0 bridgehead atoms. The van der Waals surface area contributed by atoms with Crippen LogP contribution < -0.4 is 16.1 Å². The molecule has 0 radical (unpaired) electrons. The van der Waals surface area contributed by atoms with Crippen molar-refractivity contribution in [2.75, 3.05) is 18.5 Å². The van der Waals surface area contributed by atoms with Gasteiger partial charge in [0, 0.05) is 27.7 Å². The number of aryl methyl sites for hydroxylation is 1. The molecule has 1 aromatic rings. The van der Waals surface area contributed by atoms with E-state index in [2.05, 4.69) is 5.10 Å². The first-order chi connectivity index (χ1) is 7.84. The van der Waals surface area contributed by atoms with Crippen LogP contribution in [0.25, 0.3) is 0 Å². The van der Waals surface area contributed by atoms with Gasteiger partial charge in [0.05, 0.1) is 6.42 Å². The summed E-state index contributed by atoms with van der Waals surface area (Å²) in [7, 11) is 4.33. The van der Waals surface area contributed by atoms with E-state index in [-0.39, 0.29) is 18.8 Å². The molecule has 0 aliphatic rings. The van der Waals surface area contributed by atoms with Crippen molar-refractivity contribution in [1.82, 2.24) is 14.3 Å². The highest BCUT2D eigenvalue weighted by Crippen LogP contribution is 1.99. The van der Waals surface area contributed by atoms with Gasteiger partial charge in [-0.05, 0) is 0 Å². The average Bonchev–Trinajstić information content (AvgIpc) is 2.28. The zero-order valence-corrected chi connectivity index (χ0v) is 9.88. The van der Waals surface area contributed by atoms with Crippen LogP contribution in [0, 0.1) is 0 Å². The molecule has 1 heterocycles. The maximum absolute atomic E-state index is 11.7. The van der Waals surface area contributed by atoms with E-state index in [9.17, 15) is 14.4 Å². The van der Waals surface area contributed by atoms with E-state index in [1.54, 1.807) is 7.05 Å². The first kappa shape index (κ1) is 12.9. The lowest BCUT2D eigenvalue weighted by molar-refractivity contribution is -0.136. The van der Waals surface area contributed by atoms with Crippen molar-refractivity contribution in [2.24, 2.45) is 14.1 Å². The van der Waals surface area contributed by atoms with Gasteiger partial charge in [-0.2, -0.15) is 0 Å². The molecule has 1 aromatic heterocycles. The molecule has 1 N–H and O–H groups in total. The highest BCUT2D eigenvalue weighted by molar-refractivity contribution is 5.67. The quantitative estimate of drug-likeness (QED) is 0.682. The largest absolute Gasteiger partial charge is 0.481 e. The van der Waals surface area contributed by atoms with Gasteiger partial charge in [-0.1, -0.05) is 0 Å². The maximum atomic E-state index is 11.7. The summed E-state index contributed by atoms with van der Waals surface area (Å²) in [6.45, 7) is 0.149. The molecular formula is C9H14N4O4. The standard InChI is InChI=1S/C9H14N4O4/c1-11(5-4-6(14)15)7-8(16)12(2)9(17)13(3)10-7/h4-5H2,1-3H3,(H,14,15). The van der Waals surface area contributed by atoms with Crippen molar-refractivity contribution in [1.29, 1.82) is 0 Å². The molecule has 0 unspecified atom stereocenters. The van der Waals surface area contributed by atoms with Gasteiger partial charge < -0.3 is 10.0 Å². The van der Waals surface area contributed by atoms with Crippen LogP contribution in [0.1, 0.15) is 6.42 Å². The fourth-order valence-corrected chi connectivity index (χ4v) is 1.29. The summed E-state index contributed by atoms with van der Waals surface area (Å²) in [5, 5.41) is 12.4. The van der Waals surface area contributed by atoms with Gasteiger partial charge in [0.2, 0.25) is 5.82 Å². The number of aromatic nitrogens is 3. The van der Waals surface area contributed by atoms with E-state index in [1.165, 1.54) is 19.0 Å². The van der Waals surface area contributed by atoms with Crippen LogP contribution >= 0.6 is 0 Å². The second-order valence-electron chi connectivity index (χ2n) is 3.66. The lowest BCUT2D eigenvalue weighted by Gasteiger charge is -2.16. The van der Waals surface area contributed by atoms with Gasteiger partial charge in [-0.25, -0.2) is 9.48 Å². The summed E-state index contributed by atoms with van der Waals surface area (Å²) in [5.41, 5.74) is -1.06. The zero-order valence-electron chi connectivity index (χ0n) is 9.88. The first-order valence-corrected chi connectivity index (χ1v) is 4.92. The molecule has 8 heteroatoms. The third-order valence-electron chi connectivity index (χ3n) is 2.33. The highest BCUT2D eigenvalue weighted by Gasteiger charge is 2.13. The molecule has 0 saturated carbocycles. The summed E-state index contributed by atoms with van der Waals surface area (Å²) < 4.78 is 1.97. The second kappa shape index (κ2) is 4.81. The Morgan fingerprint density at radius 2 is 2.00 bits per heavy atom. The van der Waals surface area contributed by atoms with Gasteiger partial charge in [-0.3, -0.25) is 14.2 Å². The third-order valence-corrected chi connectivity index (χ3v) is 2.33. The lowest BCUT2D eigenvalue weighted by Crippen LogP contribution is -2.42. The number of carboxylic acid groups (broad SMARTS) is 1. The Morgan fingerprint density at radius 1 is 1.41 bits per heavy atom. The van der Waals surface area contributed by atoms with Crippen LogP contribution in [0.3, 0.4) is 0 Å². The predicted molar refractivity (Wildman–Crippen MR) is 60.2 cm³/mol. The fourth-order valence-electron chi connectivity index (χ4n) is 1.29. The Labute approximate surface area is 96.7 Å². The van der Waals surface area contributed by atoms with Gasteiger partial charge in [0.15, 0.2) is 0 Å². The number of anilines is 1. The van der Waals surface area contributed by atoms with E-state index in [0.29, 0.717) is 0 Å². The third kappa shape index (κ3) is 2.71. The number of rotatable bonds is 4. The molecule has 1 rings (SSSR count). The topological polar surface area (TPSA) is 97.4 Å². The van der Waals surface area contributed by atoms with Crippen LogP contribution in [0.2, 0.25) is 0 Å². The Balaban J connectivity index is 3.11. The Bertz CT molecular complexity index is 545. The van der Waals surface area contributed by atoms with E-state index >= 15 is 0 Å². The Hall–Kier alpha value is -2.12. The van der Waals surface area contributed by atoms with Crippen molar-refractivity contribution < 1.29 is 9.90 Å². The molecule has 8 nitrogen and oxygen atoms in total. The minimum absolute atomic E-state index is 0.0517. The van der Waals surface area contributed by atoms with Crippen LogP contribution in [-0.2, 0) is 18.9 Å². The summed E-state index contributed by atoms with van der Waals surface area (Å²) in [6, 6.07) is 0. The number of nitrogens with zero attached hydrogens (tertiary/aromatic N) is 4. The summed E-state index contributed by atoms with van der Waals surface area (Å²) in [5.74, 6) is -0.908. The molecular weight excluding hydrogens is 228 g/mol. The number of hydrogen-bond donors (Lipinski definition) is 1. The second-order valence-corrected chi connectivity index (χ2v) is 3.66. The molecule has 0 fully saturated rings. The van der Waals surface area contributed by atoms with Crippen LogP contribution in [0.15, 0.2) is 9.59 Å². The molecule has 0 atom stereocenters. The minimum Gasteiger partial charge on any atom is -0.481 e. The Morgan fingerprint density at radius 3 is 2.53 bits per heavy atom. The van der Waals surface area contributed by atoms with E-state index in [1.807, 2.05) is 0 Å². The van der Waals surface area contributed by atoms with Crippen LogP contribution in [0.5, 0.6) is 0 Å². The maximum Gasteiger partial charge on any atom is 0.346 e. The fraction of sp³-hybridized carbons (Fsp3) is 0.556. The predicted octanol–water partition coefficient (Wildman–Crippen LogP) is -1.61. The van der Waals surface area contributed by atoms with Crippen molar-refractivity contribution >= 4 is 11.8 Å². The summed E-state index contributed by atoms with van der Waals surface area (Å²) >= 11 is 0. The van der Waals surface area contributed by atoms with E-state index in [4.69, 9.17) is 5.11 Å². The number of carboxylic acids is 1. The highest BCUT2D eigenvalue weighted by atomic mass is 16.4. The van der Waals surface area contributed by atoms with Crippen molar-refractivity contribution in [3.8, 4) is 0 Å². The Kier molecular flexibility index (Phi) is 3.66. The first-order valence-electron chi connectivity index (χ1n) is 4.92. The van der Waals surface area contributed by atoms with Crippen molar-refractivity contribution in [3.63, 3.8) is 0 Å². The number of aliphatic carboxylic acids is 1. The van der Waals surface area contributed by atoms with E-state index in [0.717, 1.165) is 9.25 Å². The molecule has 0 saturated heterocycles. The molecule has 0 aliphatic heterocycles. The van der Waals surface area contributed by atoms with Crippen LogP contribution in [-0.4, -0.2) is 39.0 Å². The number of carbonyl (C=O) groups is 1. The van der Waals surface area contributed by atoms with Gasteiger partial charge in [0.1, 0.15) is 0 Å². The SMILES string of the molecule is CN(CCC(=O)O)c1nn(C)c(=O)n(C)c1=O. The smallest absolute Gasteiger partial charge is 0.346 e. The van der Waals surface area contributed by atoms with Crippen LogP contribution in [0.4, 0.5) is 5.82 Å². The molecule has 0 aliphatic carbocycles. The molecule has 0 amide bonds. The normalized spacial score (nSPS) is 10.3. The van der Waals surface area contributed by atoms with Gasteiger partial charge >= 0.3 is 11.7 Å². The molecule has 0 aromatic carbocycles. The number of hydrogen-bond acceptors (Lipinski definition) is 5. The van der Waals surface area contributed by atoms with Crippen molar-refractivity contribution in [2.45, 2.75) is 6.42 Å². The molecule has 94 valence electrons. The monoisotopic (exact) mass is 242 g/mol. The van der Waals surface area contributed by atoms with Crippen molar-refractivity contribution in [3.05, 3.63) is 20.8 Å². The van der Waals surface area contributed by atoms with Gasteiger partial charge in [-0.15, -0.1) is 5.10 Å². The summed E-state index contributed by atoms with van der Waals surface area (Å²) in [6.07, 6.45) is -0.107. The molecule has 0 spiro atoms. The van der Waals surface area contributed by atoms with Gasteiger partial charge in [0.25, 0.3) is 5.56 Å². The molecule has 17 heavy (non-hydrogen) atoms. The zero-order chi connectivity index (χ0) is 13.2. The average molecular weight is 242 g/mol.